The van der Waals surface area contributed by atoms with Crippen LogP contribution in [0.3, 0.4) is 0 Å². The summed E-state index contributed by atoms with van der Waals surface area (Å²) < 4.78 is 0. The minimum atomic E-state index is -0.405. The quantitative estimate of drug-likeness (QED) is 0.475. The Bertz CT molecular complexity index is 353. The molecule has 0 aliphatic rings. The number of nitrogens with one attached hydrogen (secondary N) is 1. The molecule has 0 aliphatic carbocycles. The monoisotopic (exact) mass is 211 g/mol. The molecule has 0 saturated heterocycles. The fourth-order valence-electron chi connectivity index (χ4n) is 1.02. The summed E-state index contributed by atoms with van der Waals surface area (Å²) in [7, 11) is -0.337. The molecule has 0 amide bonds. The molecule has 1 rings (SSSR count). The van der Waals surface area contributed by atoms with E-state index in [4.69, 9.17) is 0 Å². The zero-order chi connectivity index (χ0) is 10.7. The molecule has 0 heterocycles. The Labute approximate surface area is 84.3 Å². The van der Waals surface area contributed by atoms with E-state index in [2.05, 4.69) is 12.0 Å². The van der Waals surface area contributed by atoms with E-state index in [0.717, 1.165) is 11.3 Å². The second-order valence-corrected chi connectivity index (χ2v) is 5.12. The highest BCUT2D eigenvalue weighted by molar-refractivity contribution is 7.57. The molecule has 0 fully saturated rings. The third-order valence-electron chi connectivity index (χ3n) is 1.65. The van der Waals surface area contributed by atoms with Crippen molar-refractivity contribution >= 4 is 19.4 Å². The smallest absolute Gasteiger partial charge is 0.271 e. The number of hydrogen-bond donors (Lipinski definition) is 1. The number of nitrogens with zero attached hydrogens (tertiary/aromatic N) is 1. The lowest BCUT2D eigenvalue weighted by Gasteiger charge is -2.11. The van der Waals surface area contributed by atoms with Crippen molar-refractivity contribution in [2.75, 3.05) is 18.4 Å². The van der Waals surface area contributed by atoms with Crippen LogP contribution >= 0.6 is 8.07 Å². The zero-order valence-corrected chi connectivity index (χ0v) is 9.04. The molecule has 0 saturated carbocycles. The van der Waals surface area contributed by atoms with Gasteiger partial charge in [0.1, 0.15) is 0 Å². The van der Waals surface area contributed by atoms with Crippen LogP contribution in [0, 0.1) is 17.0 Å². The Morgan fingerprint density at radius 3 is 2.64 bits per heavy atom. The predicted molar refractivity (Wildman–Crippen MR) is 59.9 cm³/mol. The second kappa shape index (κ2) is 4.38. The zero-order valence-electron chi connectivity index (χ0n) is 8.15. The molecular formula is C9H12N2O2P. The highest BCUT2D eigenvalue weighted by Gasteiger charge is 2.08. The van der Waals surface area contributed by atoms with Gasteiger partial charge in [0.25, 0.3) is 5.69 Å². The van der Waals surface area contributed by atoms with Gasteiger partial charge in [0.05, 0.1) is 4.92 Å². The van der Waals surface area contributed by atoms with Gasteiger partial charge in [-0.15, -0.1) is 0 Å². The number of hydrogen-bond acceptors (Lipinski definition) is 3. The molecule has 0 unspecified atom stereocenters. The maximum Gasteiger partial charge on any atom is 0.271 e. The van der Waals surface area contributed by atoms with Crippen LogP contribution in [0.15, 0.2) is 18.2 Å². The fourth-order valence-corrected chi connectivity index (χ4v) is 1.71. The van der Waals surface area contributed by atoms with Crippen molar-refractivity contribution in [2.24, 2.45) is 0 Å². The van der Waals surface area contributed by atoms with Gasteiger partial charge in [-0.05, 0) is 33.9 Å². The van der Waals surface area contributed by atoms with Crippen molar-refractivity contribution in [3.05, 3.63) is 40.8 Å². The molecule has 75 valence electrons. The van der Waals surface area contributed by atoms with E-state index in [-0.39, 0.29) is 13.8 Å². The van der Waals surface area contributed by atoms with E-state index in [1.807, 2.05) is 13.3 Å². The predicted octanol–water partition coefficient (Wildman–Crippen LogP) is 2.85. The van der Waals surface area contributed by atoms with Gasteiger partial charge in [-0.25, -0.2) is 0 Å². The van der Waals surface area contributed by atoms with Crippen LogP contribution < -0.4 is 5.09 Å². The Kier molecular flexibility index (Phi) is 3.42. The summed E-state index contributed by atoms with van der Waals surface area (Å²) in [6, 6.07) is 4.63. The second-order valence-electron chi connectivity index (χ2n) is 3.10. The fraction of sp³-hybridized carbons (Fsp3) is 0.222. The van der Waals surface area contributed by atoms with Crippen LogP contribution in [-0.2, 0) is 0 Å². The first-order chi connectivity index (χ1) is 6.50. The minimum Gasteiger partial charge on any atom is -0.364 e. The molecule has 1 N–H and O–H groups in total. The molecule has 0 bridgehead atoms. The highest BCUT2D eigenvalue weighted by Crippen LogP contribution is 2.31. The van der Waals surface area contributed by atoms with Gasteiger partial charge in [0.2, 0.25) is 0 Å². The third kappa shape index (κ3) is 2.67. The summed E-state index contributed by atoms with van der Waals surface area (Å²) in [6.07, 6.45) is 0. The van der Waals surface area contributed by atoms with E-state index in [1.165, 1.54) is 12.1 Å². The first kappa shape index (κ1) is 10.9. The summed E-state index contributed by atoms with van der Waals surface area (Å²) in [4.78, 5) is 10.1. The lowest BCUT2D eigenvalue weighted by atomic mass is 10.2. The normalized spacial score (nSPS) is 10.3. The van der Waals surface area contributed by atoms with Crippen molar-refractivity contribution < 1.29 is 4.92 Å². The molecule has 1 aromatic rings. The van der Waals surface area contributed by atoms with Crippen LogP contribution in [0.25, 0.3) is 0 Å². The molecule has 0 atom stereocenters. The van der Waals surface area contributed by atoms with Gasteiger partial charge in [-0.1, -0.05) is 6.07 Å². The van der Waals surface area contributed by atoms with Crippen molar-refractivity contribution in [2.45, 2.75) is 0 Å². The minimum absolute atomic E-state index is 0.0942. The van der Waals surface area contributed by atoms with Gasteiger partial charge in [-0.2, -0.15) is 0 Å². The third-order valence-corrected chi connectivity index (χ3v) is 2.34. The molecule has 1 radical (unpaired) electrons. The van der Waals surface area contributed by atoms with Gasteiger partial charge in [-0.3, -0.25) is 10.1 Å². The molecule has 5 heteroatoms. The lowest BCUT2D eigenvalue weighted by Crippen LogP contribution is -1.94. The number of nitro benzene ring substituents is 1. The number of benzene rings is 1. The molecule has 0 aliphatic heterocycles. The maximum atomic E-state index is 10.5. The molecule has 0 spiro atoms. The lowest BCUT2D eigenvalue weighted by molar-refractivity contribution is -0.384. The molecule has 4 nitrogen and oxygen atoms in total. The Morgan fingerprint density at radius 2 is 2.14 bits per heavy atom. The van der Waals surface area contributed by atoms with Gasteiger partial charge >= 0.3 is 0 Å². The topological polar surface area (TPSA) is 55.2 Å². The Balaban J connectivity index is 3.02. The van der Waals surface area contributed by atoms with Crippen molar-refractivity contribution in [1.29, 1.82) is 0 Å². The van der Waals surface area contributed by atoms with E-state index in [0.29, 0.717) is 0 Å². The van der Waals surface area contributed by atoms with E-state index < -0.39 is 4.92 Å². The Morgan fingerprint density at radius 1 is 1.50 bits per heavy atom. The summed E-state index contributed by atoms with van der Waals surface area (Å²) in [5, 5.41) is 13.7. The molecule has 14 heavy (non-hydrogen) atoms. The number of nitro groups is 1. The van der Waals surface area contributed by atoms with Gasteiger partial charge < -0.3 is 5.09 Å². The first-order valence-electron chi connectivity index (χ1n) is 4.05. The molecule has 1 aromatic carbocycles. The van der Waals surface area contributed by atoms with Crippen molar-refractivity contribution in [3.63, 3.8) is 0 Å². The number of anilines is 1. The summed E-state index contributed by atoms with van der Waals surface area (Å²) >= 11 is 0. The van der Waals surface area contributed by atoms with Crippen LogP contribution in [0.4, 0.5) is 11.4 Å². The van der Waals surface area contributed by atoms with Crippen LogP contribution in [0.1, 0.15) is 5.56 Å². The molecule has 0 aromatic heterocycles. The van der Waals surface area contributed by atoms with Gasteiger partial charge in [0, 0.05) is 17.8 Å². The van der Waals surface area contributed by atoms with Gasteiger partial charge in [0.15, 0.2) is 0 Å². The summed E-state index contributed by atoms with van der Waals surface area (Å²) in [5.41, 5.74) is 1.62. The SMILES string of the molecule is [CH2]c1ccc([N+](=O)[O-])cc1NP(C)C. The van der Waals surface area contributed by atoms with E-state index >= 15 is 0 Å². The largest absolute Gasteiger partial charge is 0.364 e. The molecular weight excluding hydrogens is 199 g/mol. The average Bonchev–Trinajstić information content (AvgIpc) is 2.07. The summed E-state index contributed by atoms with van der Waals surface area (Å²) in [6.45, 7) is 7.87. The Hall–Kier alpha value is -1.15. The van der Waals surface area contributed by atoms with E-state index in [9.17, 15) is 10.1 Å². The number of rotatable bonds is 3. The first-order valence-corrected chi connectivity index (χ1v) is 6.28. The van der Waals surface area contributed by atoms with Crippen LogP contribution in [-0.4, -0.2) is 18.3 Å². The van der Waals surface area contributed by atoms with Crippen LogP contribution in [0.5, 0.6) is 0 Å². The summed E-state index contributed by atoms with van der Waals surface area (Å²) in [5.74, 6) is 0. The number of non-ortho nitro benzene ring substituents is 1. The maximum absolute atomic E-state index is 10.5. The van der Waals surface area contributed by atoms with E-state index in [1.54, 1.807) is 6.07 Å². The highest BCUT2D eigenvalue weighted by atomic mass is 31.1. The van der Waals surface area contributed by atoms with Crippen LogP contribution in [0.2, 0.25) is 0 Å². The standard InChI is InChI=1S/C9H12N2O2P/c1-7-4-5-8(11(12)13)6-9(7)10-14(2)3/h4-6,10H,1H2,2-3H3. The van der Waals surface area contributed by atoms with Crippen molar-refractivity contribution in [1.82, 2.24) is 0 Å². The average molecular weight is 211 g/mol. The van der Waals surface area contributed by atoms with Crippen molar-refractivity contribution in [3.8, 4) is 0 Å².